The average molecular weight is 315 g/mol. The van der Waals surface area contributed by atoms with Gasteiger partial charge in [-0.05, 0) is 27.7 Å². The molecular formula is C13H21N3O6. The maximum atomic E-state index is 11.8. The number of carbonyl (C=O) groups excluding carboxylic acids is 4. The lowest BCUT2D eigenvalue weighted by Gasteiger charge is -2.20. The summed E-state index contributed by atoms with van der Waals surface area (Å²) in [5, 5.41) is 9.87. The van der Waals surface area contributed by atoms with E-state index in [1.165, 1.54) is 34.7 Å². The van der Waals surface area contributed by atoms with E-state index in [2.05, 4.69) is 20.3 Å². The van der Waals surface area contributed by atoms with Gasteiger partial charge >= 0.3 is 11.9 Å². The van der Waals surface area contributed by atoms with Crippen LogP contribution in [0.5, 0.6) is 0 Å². The maximum Gasteiger partial charge on any atom is 0.335 e. The minimum atomic E-state index is -1.38. The Kier molecular flexibility index (Phi) is 7.34. The van der Waals surface area contributed by atoms with E-state index in [4.69, 9.17) is 4.74 Å². The van der Waals surface area contributed by atoms with Crippen molar-refractivity contribution >= 4 is 24.1 Å². The van der Waals surface area contributed by atoms with Crippen molar-refractivity contribution in [1.82, 2.24) is 5.32 Å². The number of hydrogen-bond acceptors (Lipinski definition) is 8. The van der Waals surface area contributed by atoms with Gasteiger partial charge in [0.1, 0.15) is 6.61 Å². The Morgan fingerprint density at radius 2 is 1.45 bits per heavy atom. The standard InChI is InChI=1S/C13H21N3O6/c1-12(2,10(19)21-7-6-17)15-16-13(3,4)11(20)22-8-9(18)14-5/h6H,7-8H2,1-5H3,(H,14,18). The molecule has 9 heteroatoms. The van der Waals surface area contributed by atoms with Gasteiger partial charge in [0, 0.05) is 7.05 Å². The predicted molar refractivity (Wildman–Crippen MR) is 75.1 cm³/mol. The van der Waals surface area contributed by atoms with Crippen molar-refractivity contribution in [3.05, 3.63) is 0 Å². The van der Waals surface area contributed by atoms with Gasteiger partial charge in [-0.1, -0.05) is 0 Å². The number of amides is 1. The molecule has 0 heterocycles. The zero-order valence-electron chi connectivity index (χ0n) is 13.3. The number of carbonyl (C=O) groups is 4. The summed E-state index contributed by atoms with van der Waals surface area (Å²) in [5.74, 6) is -1.98. The molecule has 9 nitrogen and oxygen atoms in total. The Balaban J connectivity index is 4.79. The topological polar surface area (TPSA) is 123 Å². The van der Waals surface area contributed by atoms with E-state index in [1.54, 1.807) is 0 Å². The van der Waals surface area contributed by atoms with Crippen molar-refractivity contribution in [1.29, 1.82) is 0 Å². The summed E-state index contributed by atoms with van der Waals surface area (Å²) in [4.78, 5) is 44.7. The lowest BCUT2D eigenvalue weighted by molar-refractivity contribution is -0.153. The molecule has 1 amide bonds. The minimum Gasteiger partial charge on any atom is -0.456 e. The highest BCUT2D eigenvalue weighted by Gasteiger charge is 2.34. The van der Waals surface area contributed by atoms with Crippen molar-refractivity contribution in [2.75, 3.05) is 20.3 Å². The van der Waals surface area contributed by atoms with Gasteiger partial charge in [0.05, 0.1) is 0 Å². The van der Waals surface area contributed by atoms with E-state index in [1.807, 2.05) is 0 Å². The molecule has 0 aromatic heterocycles. The Hall–Kier alpha value is -2.32. The van der Waals surface area contributed by atoms with Crippen LogP contribution in [0.25, 0.3) is 0 Å². The summed E-state index contributed by atoms with van der Waals surface area (Å²) in [6, 6.07) is 0. The van der Waals surface area contributed by atoms with Crippen molar-refractivity contribution in [2.45, 2.75) is 38.8 Å². The molecular weight excluding hydrogens is 294 g/mol. The van der Waals surface area contributed by atoms with Gasteiger partial charge < -0.3 is 14.8 Å². The van der Waals surface area contributed by atoms with Crippen LogP contribution in [-0.2, 0) is 28.7 Å². The number of likely N-dealkylation sites (N-methyl/N-ethyl adjacent to an activating group) is 1. The normalized spacial score (nSPS) is 11.9. The van der Waals surface area contributed by atoms with Crippen LogP contribution in [0.1, 0.15) is 27.7 Å². The van der Waals surface area contributed by atoms with E-state index in [9.17, 15) is 19.2 Å². The van der Waals surface area contributed by atoms with Crippen molar-refractivity contribution in [2.24, 2.45) is 10.2 Å². The fourth-order valence-corrected chi connectivity index (χ4v) is 0.998. The molecule has 0 unspecified atom stereocenters. The number of hydrogen-bond donors (Lipinski definition) is 1. The minimum absolute atomic E-state index is 0.380. The zero-order valence-corrected chi connectivity index (χ0v) is 13.3. The summed E-state index contributed by atoms with van der Waals surface area (Å²) in [7, 11) is 1.41. The second kappa shape index (κ2) is 8.20. The molecule has 0 aliphatic carbocycles. The third-order valence-electron chi connectivity index (χ3n) is 2.44. The summed E-state index contributed by atoms with van der Waals surface area (Å²) in [6.45, 7) is 4.89. The quantitative estimate of drug-likeness (QED) is 0.383. The monoisotopic (exact) mass is 315 g/mol. The van der Waals surface area contributed by atoms with Crippen LogP contribution in [0.3, 0.4) is 0 Å². The highest BCUT2D eigenvalue weighted by Crippen LogP contribution is 2.18. The fraction of sp³-hybridized carbons (Fsp3) is 0.692. The maximum absolute atomic E-state index is 11.8. The third kappa shape index (κ3) is 6.42. The van der Waals surface area contributed by atoms with Crippen molar-refractivity contribution in [3.8, 4) is 0 Å². The van der Waals surface area contributed by atoms with E-state index in [-0.39, 0.29) is 6.61 Å². The van der Waals surface area contributed by atoms with Crippen LogP contribution in [0.15, 0.2) is 10.2 Å². The molecule has 1 N–H and O–H groups in total. The van der Waals surface area contributed by atoms with E-state index < -0.39 is 35.5 Å². The lowest BCUT2D eigenvalue weighted by Crippen LogP contribution is -2.37. The molecule has 0 saturated carbocycles. The smallest absolute Gasteiger partial charge is 0.335 e. The van der Waals surface area contributed by atoms with Crippen LogP contribution in [-0.4, -0.2) is 55.5 Å². The Bertz CT molecular complexity index is 470. The van der Waals surface area contributed by atoms with Crippen LogP contribution in [0.2, 0.25) is 0 Å². The molecule has 0 rings (SSSR count). The molecule has 0 radical (unpaired) electrons. The number of azo groups is 1. The van der Waals surface area contributed by atoms with Gasteiger partial charge in [-0.15, -0.1) is 0 Å². The van der Waals surface area contributed by atoms with E-state index >= 15 is 0 Å². The number of nitrogens with one attached hydrogen (secondary N) is 1. The van der Waals surface area contributed by atoms with E-state index in [0.29, 0.717) is 6.29 Å². The summed E-state index contributed by atoms with van der Waals surface area (Å²) in [5.41, 5.74) is -2.74. The highest BCUT2D eigenvalue weighted by molar-refractivity contribution is 5.84. The molecule has 0 saturated heterocycles. The first-order chi connectivity index (χ1) is 10.1. The van der Waals surface area contributed by atoms with Gasteiger partial charge in [0.25, 0.3) is 5.91 Å². The molecule has 0 fully saturated rings. The second-order valence-electron chi connectivity index (χ2n) is 5.33. The second-order valence-corrected chi connectivity index (χ2v) is 5.33. The Morgan fingerprint density at radius 1 is 1.00 bits per heavy atom. The van der Waals surface area contributed by atoms with Crippen LogP contribution >= 0.6 is 0 Å². The largest absolute Gasteiger partial charge is 0.456 e. The molecule has 124 valence electrons. The van der Waals surface area contributed by atoms with Crippen LogP contribution in [0, 0.1) is 0 Å². The molecule has 22 heavy (non-hydrogen) atoms. The van der Waals surface area contributed by atoms with Gasteiger partial charge in [-0.2, -0.15) is 10.2 Å². The molecule has 0 aliphatic rings. The fourth-order valence-electron chi connectivity index (χ4n) is 0.998. The third-order valence-corrected chi connectivity index (χ3v) is 2.44. The van der Waals surface area contributed by atoms with Gasteiger partial charge in [0.2, 0.25) is 0 Å². The number of nitrogens with zero attached hydrogens (tertiary/aromatic N) is 2. The van der Waals surface area contributed by atoms with Crippen LogP contribution < -0.4 is 5.32 Å². The van der Waals surface area contributed by atoms with E-state index in [0.717, 1.165) is 0 Å². The molecule has 0 aromatic carbocycles. The predicted octanol–water partition coefficient (Wildman–Crippen LogP) is 0.0271. The van der Waals surface area contributed by atoms with Crippen LogP contribution in [0.4, 0.5) is 0 Å². The summed E-state index contributed by atoms with van der Waals surface area (Å²) >= 11 is 0. The Morgan fingerprint density at radius 3 is 1.86 bits per heavy atom. The van der Waals surface area contributed by atoms with Gasteiger partial charge in [-0.25, -0.2) is 9.59 Å². The summed E-state index contributed by atoms with van der Waals surface area (Å²) < 4.78 is 9.43. The molecule has 0 atom stereocenters. The lowest BCUT2D eigenvalue weighted by atomic mass is 10.1. The number of ether oxygens (including phenoxy) is 2. The average Bonchev–Trinajstić information content (AvgIpc) is 2.47. The number of esters is 2. The molecule has 0 aromatic rings. The molecule has 0 spiro atoms. The zero-order chi connectivity index (χ0) is 17.4. The highest BCUT2D eigenvalue weighted by atomic mass is 16.5. The van der Waals surface area contributed by atoms with Gasteiger partial charge in [-0.3, -0.25) is 9.59 Å². The first-order valence-corrected chi connectivity index (χ1v) is 6.49. The van der Waals surface area contributed by atoms with Gasteiger partial charge in [0.15, 0.2) is 24.0 Å². The SMILES string of the molecule is CNC(=O)COC(=O)C(C)(C)N=NC(C)(C)C(=O)OCC=O. The number of rotatable bonds is 8. The number of aldehydes is 1. The molecule has 0 bridgehead atoms. The van der Waals surface area contributed by atoms with Crippen molar-refractivity contribution in [3.63, 3.8) is 0 Å². The van der Waals surface area contributed by atoms with Crippen molar-refractivity contribution < 1.29 is 28.7 Å². The first-order valence-electron chi connectivity index (χ1n) is 6.49. The Labute approximate surface area is 128 Å². The summed E-state index contributed by atoms with van der Waals surface area (Å²) in [6.07, 6.45) is 0.436. The molecule has 0 aliphatic heterocycles. The first kappa shape index (κ1) is 19.7.